The summed E-state index contributed by atoms with van der Waals surface area (Å²) in [6.45, 7) is 1.78. The highest BCUT2D eigenvalue weighted by Gasteiger charge is 2.19. The summed E-state index contributed by atoms with van der Waals surface area (Å²) in [4.78, 5) is 38.6. The van der Waals surface area contributed by atoms with Gasteiger partial charge in [-0.3, -0.25) is 29.9 Å². The summed E-state index contributed by atoms with van der Waals surface area (Å²) < 4.78 is 18.7. The SMILES string of the molecule is Cc1cccc(C2=CCC(CCc3ccc4ccccc4n3)=N2)c1F.Cn1c(CCc2ccc3ccccc3n2)nc2c3ccccc3ccc21.Cn1c(CCc2ccc3ccccc3n2)nc2c3ccccc3ccc21.c1ccc2nc(CCC3=Nc4c(ccc5ccccc45)C3)ccc2c1. The van der Waals surface area contributed by atoms with E-state index in [2.05, 4.69) is 234 Å². The smallest absolute Gasteiger partial charge is 0.135 e. The van der Waals surface area contributed by atoms with Crippen molar-refractivity contribution in [2.75, 3.05) is 0 Å². The van der Waals surface area contributed by atoms with E-state index in [0.717, 1.165) is 149 Å². The van der Waals surface area contributed by atoms with Gasteiger partial charge in [-0.15, -0.1) is 0 Å². The highest BCUT2D eigenvalue weighted by molar-refractivity contribution is 6.06. The first-order valence-electron chi connectivity index (χ1n) is 35.3. The zero-order valence-electron chi connectivity index (χ0n) is 57.5. The minimum atomic E-state index is -0.171. The number of benzene rings is 11. The van der Waals surface area contributed by atoms with Gasteiger partial charge in [0.05, 0.1) is 55.5 Å². The molecule has 0 spiro atoms. The molecule has 0 amide bonds. The average molecular weight is 1330 g/mol. The lowest BCUT2D eigenvalue weighted by Crippen LogP contribution is -2.01. The number of aryl methyl sites for hydroxylation is 9. The van der Waals surface area contributed by atoms with Crippen LogP contribution in [0, 0.1) is 12.7 Å². The molecule has 17 aromatic rings. The summed E-state index contributed by atoms with van der Waals surface area (Å²) in [7, 11) is 4.21. The lowest BCUT2D eigenvalue weighted by atomic mass is 10.0. The van der Waals surface area contributed by atoms with E-state index in [-0.39, 0.29) is 5.82 Å². The first-order chi connectivity index (χ1) is 50.2. The molecule has 0 N–H and O–H groups in total. The largest absolute Gasteiger partial charge is 0.331 e. The van der Waals surface area contributed by atoms with Gasteiger partial charge in [0.15, 0.2) is 0 Å². The number of fused-ring (bicyclic) bond motifs is 13. The summed E-state index contributed by atoms with van der Waals surface area (Å²) in [5.41, 5.74) is 20.1. The van der Waals surface area contributed by atoms with E-state index >= 15 is 0 Å². The molecule has 6 aromatic heterocycles. The van der Waals surface area contributed by atoms with E-state index in [4.69, 9.17) is 34.9 Å². The molecule has 2 aliphatic heterocycles. The Balaban J connectivity index is 0.000000105. The van der Waals surface area contributed by atoms with Crippen LogP contribution in [0.15, 0.2) is 289 Å². The molecule has 0 aliphatic carbocycles. The van der Waals surface area contributed by atoms with Gasteiger partial charge in [-0.05, 0) is 139 Å². The number of imidazole rings is 2. The van der Waals surface area contributed by atoms with E-state index in [0.29, 0.717) is 11.1 Å². The van der Waals surface area contributed by atoms with Crippen LogP contribution in [0.5, 0.6) is 0 Å². The van der Waals surface area contributed by atoms with Crippen LogP contribution in [0.4, 0.5) is 10.1 Å². The Labute approximate surface area is 592 Å². The third-order valence-electron chi connectivity index (χ3n) is 19.8. The Hall–Kier alpha value is -12.2. The van der Waals surface area contributed by atoms with Crippen molar-refractivity contribution in [3.8, 4) is 0 Å². The standard InChI is InChI=1S/2C23H19N3.C23H18N2.C22H19FN2/c2*1-26-21-14-11-16-6-2-4-8-19(16)23(21)25-22(26)15-13-18-12-10-17-7-3-5-9-20(17)24-18;1-3-7-21-16(5-1)9-10-18-15-20(25-23(18)21)14-13-19-12-11-17-6-2-4-8-22(17)24-19;1-15-5-4-7-19(22(15)23)21-14-13-18(25-21)12-11-17-10-9-16-6-2-3-8-20(16)24-17/h2*2-12,14H,13,15H2,1H3;1-12H,13-15H2;2-10,14H,11-13H2,1H3. The van der Waals surface area contributed by atoms with Gasteiger partial charge >= 0.3 is 0 Å². The summed E-state index contributed by atoms with van der Waals surface area (Å²) in [6, 6.07) is 93.9. The van der Waals surface area contributed by atoms with Crippen molar-refractivity contribution in [3.63, 3.8) is 0 Å². The molecule has 11 aromatic carbocycles. The van der Waals surface area contributed by atoms with Gasteiger partial charge in [0.2, 0.25) is 0 Å². The van der Waals surface area contributed by atoms with Crippen molar-refractivity contribution in [2.24, 2.45) is 24.1 Å². The summed E-state index contributed by atoms with van der Waals surface area (Å²) in [6.07, 6.45) is 10.9. The van der Waals surface area contributed by atoms with Gasteiger partial charge in [0.25, 0.3) is 0 Å². The van der Waals surface area contributed by atoms with E-state index in [1.807, 2.05) is 60.7 Å². The maximum absolute atomic E-state index is 14.3. The molecule has 0 atom stereocenters. The van der Waals surface area contributed by atoms with Gasteiger partial charge in [-0.2, -0.15) is 0 Å². The summed E-state index contributed by atoms with van der Waals surface area (Å²) in [5.74, 6) is 2.03. The molecule has 11 heteroatoms. The second kappa shape index (κ2) is 28.9. The number of halogens is 1. The van der Waals surface area contributed by atoms with Crippen molar-refractivity contribution in [1.29, 1.82) is 0 Å². The number of aromatic nitrogens is 8. The van der Waals surface area contributed by atoms with Crippen LogP contribution in [0.3, 0.4) is 0 Å². The second-order valence-corrected chi connectivity index (χ2v) is 26.5. The van der Waals surface area contributed by atoms with Crippen molar-refractivity contribution >= 4 is 121 Å². The van der Waals surface area contributed by atoms with E-state index in [9.17, 15) is 4.39 Å². The topological polar surface area (TPSA) is 112 Å². The molecule has 496 valence electrons. The zero-order chi connectivity index (χ0) is 68.9. The van der Waals surface area contributed by atoms with E-state index < -0.39 is 0 Å². The van der Waals surface area contributed by atoms with Crippen LogP contribution in [-0.4, -0.2) is 50.5 Å². The molecule has 8 heterocycles. The van der Waals surface area contributed by atoms with Crippen molar-refractivity contribution in [2.45, 2.75) is 71.1 Å². The first kappa shape index (κ1) is 64.5. The van der Waals surface area contributed by atoms with E-state index in [1.54, 1.807) is 19.1 Å². The van der Waals surface area contributed by atoms with E-state index in [1.165, 1.54) is 76.5 Å². The van der Waals surface area contributed by atoms with Crippen LogP contribution in [0.2, 0.25) is 0 Å². The molecule has 2 aliphatic rings. The van der Waals surface area contributed by atoms with Crippen LogP contribution in [0.1, 0.15) is 70.4 Å². The Kier molecular flexibility index (Phi) is 18.3. The third-order valence-corrected chi connectivity index (χ3v) is 19.8. The quantitative estimate of drug-likeness (QED) is 0.114. The van der Waals surface area contributed by atoms with Gasteiger partial charge in [-0.25, -0.2) is 14.4 Å². The van der Waals surface area contributed by atoms with Gasteiger partial charge in [-0.1, -0.05) is 212 Å². The number of aliphatic imine (C=N–C) groups is 2. The van der Waals surface area contributed by atoms with Crippen LogP contribution >= 0.6 is 0 Å². The number of allylic oxidation sites excluding steroid dienone is 1. The number of nitrogens with zero attached hydrogens (tertiary/aromatic N) is 10. The molecule has 0 unspecified atom stereocenters. The highest BCUT2D eigenvalue weighted by atomic mass is 19.1. The summed E-state index contributed by atoms with van der Waals surface area (Å²) in [5, 5.41) is 12.2. The Morgan fingerprint density at radius 1 is 0.333 bits per heavy atom. The molecule has 0 saturated heterocycles. The van der Waals surface area contributed by atoms with Crippen LogP contribution < -0.4 is 0 Å². The lowest BCUT2D eigenvalue weighted by Gasteiger charge is -2.05. The van der Waals surface area contributed by atoms with Crippen molar-refractivity contribution in [3.05, 3.63) is 336 Å². The Morgan fingerprint density at radius 3 is 1.19 bits per heavy atom. The maximum atomic E-state index is 14.3. The van der Waals surface area contributed by atoms with Gasteiger partial charge in [0.1, 0.15) is 17.5 Å². The zero-order valence-corrected chi connectivity index (χ0v) is 57.5. The van der Waals surface area contributed by atoms with Crippen LogP contribution in [0.25, 0.3) is 104 Å². The van der Waals surface area contributed by atoms with Gasteiger partial charge in [0, 0.05) is 117 Å². The molecule has 0 radical (unpaired) electrons. The lowest BCUT2D eigenvalue weighted by molar-refractivity contribution is 0.614. The Morgan fingerprint density at radius 2 is 0.716 bits per heavy atom. The molecule has 19 rings (SSSR count). The fourth-order valence-corrected chi connectivity index (χ4v) is 14.2. The molecular weight excluding hydrogens is 1250 g/mol. The number of pyridine rings is 4. The minimum Gasteiger partial charge on any atom is -0.331 e. The molecule has 10 nitrogen and oxygen atoms in total. The highest BCUT2D eigenvalue weighted by Crippen LogP contribution is 2.36. The predicted octanol–water partition coefficient (Wildman–Crippen LogP) is 21.3. The number of hydrogen-bond donors (Lipinski definition) is 0. The Bertz CT molecular complexity index is 5920. The van der Waals surface area contributed by atoms with Crippen LogP contribution in [-0.2, 0) is 59.0 Å². The molecule has 0 saturated carbocycles. The average Bonchev–Trinajstić information content (AvgIpc) is 1.63. The summed E-state index contributed by atoms with van der Waals surface area (Å²) >= 11 is 0. The monoisotopic (exact) mass is 1330 g/mol. The fraction of sp³-hybridized carbons (Fsp3) is 0.143. The first-order valence-corrected chi connectivity index (χ1v) is 35.3. The second-order valence-electron chi connectivity index (χ2n) is 26.5. The van der Waals surface area contributed by atoms with Crippen molar-refractivity contribution < 1.29 is 4.39 Å². The molecule has 0 fully saturated rings. The predicted molar refractivity (Wildman–Crippen MR) is 421 cm³/mol. The number of para-hydroxylation sites is 4. The fourth-order valence-electron chi connectivity index (χ4n) is 14.2. The van der Waals surface area contributed by atoms with Crippen molar-refractivity contribution in [1.82, 2.24) is 39.0 Å². The molecule has 102 heavy (non-hydrogen) atoms. The number of rotatable bonds is 13. The molecule has 0 bridgehead atoms. The molecular formula is C91H75FN10. The third kappa shape index (κ3) is 13.8. The van der Waals surface area contributed by atoms with Gasteiger partial charge < -0.3 is 9.13 Å². The minimum absolute atomic E-state index is 0.171. The number of hydrogen-bond acceptors (Lipinski definition) is 8. The maximum Gasteiger partial charge on any atom is 0.135 e. The normalized spacial score (nSPS) is 12.5.